The van der Waals surface area contributed by atoms with E-state index >= 15 is 0 Å². The maximum atomic E-state index is 5.25. The topological polar surface area (TPSA) is 0 Å². The molecule has 0 spiro atoms. The van der Waals surface area contributed by atoms with Gasteiger partial charge in [-0.3, -0.25) is 0 Å². The minimum absolute atomic E-state index is 1.56. The Hall–Kier alpha value is 0.718. The summed E-state index contributed by atoms with van der Waals surface area (Å²) >= 11 is -1.56. The van der Waals surface area contributed by atoms with Crippen molar-refractivity contribution in [3.05, 3.63) is 0 Å². The average molecular weight is 247 g/mol. The summed E-state index contributed by atoms with van der Waals surface area (Å²) in [7, 11) is 5.25. The zero-order valence-corrected chi connectivity index (χ0v) is 5.89. The number of hydrogen-bond acceptors (Lipinski definition) is 0. The summed E-state index contributed by atoms with van der Waals surface area (Å²) in [4.78, 5) is 6.98. The Morgan fingerprint density at radius 3 is 1.50 bits per heavy atom. The van der Waals surface area contributed by atoms with E-state index in [-0.39, 0.29) is 0 Å². The van der Waals surface area contributed by atoms with Gasteiger partial charge < -0.3 is 0 Å². The molecule has 0 aliphatic heterocycles. The Kier molecular flexibility index (Phi) is 2.34. The van der Waals surface area contributed by atoms with Gasteiger partial charge in [-0.05, 0) is 0 Å². The fourth-order valence-corrected chi connectivity index (χ4v) is 0. The van der Waals surface area contributed by atoms with Gasteiger partial charge in [0.2, 0.25) is 0 Å². The summed E-state index contributed by atoms with van der Waals surface area (Å²) in [6.45, 7) is 0. The van der Waals surface area contributed by atoms with Gasteiger partial charge in [0.05, 0.1) is 0 Å². The van der Waals surface area contributed by atoms with Gasteiger partial charge in [0.25, 0.3) is 0 Å². The summed E-state index contributed by atoms with van der Waals surface area (Å²) in [6.07, 6.45) is 0. The Bertz CT molecular complexity index is 54.4. The molecule has 0 aliphatic rings. The average Bonchev–Trinajstić information content (AvgIpc) is 0.811. The van der Waals surface area contributed by atoms with Gasteiger partial charge in [-0.1, -0.05) is 0 Å². The molecule has 0 nitrogen and oxygen atoms in total. The van der Waals surface area contributed by atoms with Crippen LogP contribution in [-0.2, 0) is 15.3 Å². The van der Waals surface area contributed by atoms with Crippen LogP contribution in [0.5, 0.6) is 0 Å². The Morgan fingerprint density at radius 2 is 1.50 bits per heavy atom. The first-order valence-electron chi connectivity index (χ1n) is 0.732. The molecule has 0 fully saturated rings. The van der Waals surface area contributed by atoms with E-state index in [2.05, 4.69) is 9.81 Å². The number of hydrogen-bond donors (Lipinski definition) is 0. The Labute approximate surface area is 34.9 Å². The summed E-state index contributed by atoms with van der Waals surface area (Å²) in [5.41, 5.74) is 0. The van der Waals surface area contributed by atoms with E-state index in [4.69, 9.17) is 9.42 Å². The van der Waals surface area contributed by atoms with Gasteiger partial charge in [0.1, 0.15) is 0 Å². The van der Waals surface area contributed by atoms with E-state index in [0.29, 0.717) is 0 Å². The fraction of sp³-hybridized carbons (Fsp3) is 0. The van der Waals surface area contributed by atoms with Crippen LogP contribution in [0.25, 0.3) is 0 Å². The van der Waals surface area contributed by atoms with Gasteiger partial charge in [-0.15, -0.1) is 0 Å². The van der Waals surface area contributed by atoms with Crippen molar-refractivity contribution in [2.24, 2.45) is 0 Å². The third-order valence-electron chi connectivity index (χ3n) is 0. The zero-order valence-electron chi connectivity index (χ0n) is 2.20. The molecule has 0 saturated heterocycles. The van der Waals surface area contributed by atoms with Crippen molar-refractivity contribution >= 4 is 19.2 Å². The molecule has 0 aromatic carbocycles. The van der Waals surface area contributed by atoms with E-state index in [0.717, 1.165) is 0 Å². The molecule has 0 rings (SSSR count). The molecule has 25 valence electrons. The summed E-state index contributed by atoms with van der Waals surface area (Å²) in [5.74, 6) is 0. The first kappa shape index (κ1) is 4.72. The molecule has 4 heavy (non-hydrogen) atoms. The predicted molar refractivity (Wildman–Crippen MR) is 20.1 cm³/mol. The standard InChI is InChI=1S/2CH2.ClH.W/h2*1H2;1H;/q;;;+1/p-1. The second kappa shape index (κ2) is 1.99. The van der Waals surface area contributed by atoms with Crippen molar-refractivity contribution in [1.82, 2.24) is 0 Å². The van der Waals surface area contributed by atoms with Crippen molar-refractivity contribution in [2.45, 2.75) is 0 Å². The zero-order chi connectivity index (χ0) is 3.58. The van der Waals surface area contributed by atoms with Crippen LogP contribution in [-0.4, -0.2) is 9.81 Å². The van der Waals surface area contributed by atoms with Crippen LogP contribution < -0.4 is 0 Å². The van der Waals surface area contributed by atoms with Crippen molar-refractivity contribution in [3.8, 4) is 0 Å². The molecule has 0 aliphatic carbocycles. The third kappa shape index (κ3) is 15.6. The van der Waals surface area contributed by atoms with E-state index in [1.807, 2.05) is 0 Å². The second-order valence-electron chi connectivity index (χ2n) is 0.422. The van der Waals surface area contributed by atoms with Gasteiger partial charge in [-0.25, -0.2) is 0 Å². The molecule has 0 saturated carbocycles. The third-order valence-corrected chi connectivity index (χ3v) is 0. The van der Waals surface area contributed by atoms with Crippen LogP contribution in [0.2, 0.25) is 0 Å². The number of halogens is 1. The SMILES string of the molecule is [CH2]=[W](=[CH2])[Cl]. The summed E-state index contributed by atoms with van der Waals surface area (Å²) in [6, 6.07) is 0. The first-order chi connectivity index (χ1) is 1.73. The maximum absolute atomic E-state index is 5.25. The molecule has 0 aromatic rings. The van der Waals surface area contributed by atoms with E-state index in [1.54, 1.807) is 0 Å². The normalized spacial score (nSPS) is 6.25. The van der Waals surface area contributed by atoms with Gasteiger partial charge in [-0.2, -0.15) is 0 Å². The molecule has 0 amide bonds. The molecular formula is C2H4ClW. The quantitative estimate of drug-likeness (QED) is 0.589. The van der Waals surface area contributed by atoms with Crippen LogP contribution in [0.15, 0.2) is 0 Å². The van der Waals surface area contributed by atoms with Crippen LogP contribution in [0, 0.1) is 0 Å². The van der Waals surface area contributed by atoms with Crippen molar-refractivity contribution in [1.29, 1.82) is 0 Å². The molecule has 0 bridgehead atoms. The molecule has 0 aromatic heterocycles. The van der Waals surface area contributed by atoms with Crippen molar-refractivity contribution < 1.29 is 15.3 Å². The van der Waals surface area contributed by atoms with Crippen LogP contribution >= 0.6 is 9.42 Å². The second-order valence-corrected chi connectivity index (χ2v) is 7.03. The monoisotopic (exact) mass is 247 g/mol. The van der Waals surface area contributed by atoms with E-state index in [9.17, 15) is 0 Å². The van der Waals surface area contributed by atoms with Crippen molar-refractivity contribution in [3.63, 3.8) is 0 Å². The minimum atomic E-state index is -1.56. The molecule has 0 heterocycles. The van der Waals surface area contributed by atoms with Crippen LogP contribution in [0.4, 0.5) is 0 Å². The van der Waals surface area contributed by atoms with Crippen molar-refractivity contribution in [2.75, 3.05) is 0 Å². The number of rotatable bonds is 0. The molecule has 0 unspecified atom stereocenters. The van der Waals surface area contributed by atoms with Gasteiger partial charge >= 0.3 is 34.6 Å². The molecule has 2 heteroatoms. The Morgan fingerprint density at radius 1 is 1.50 bits per heavy atom. The molecular weight excluding hydrogens is 243 g/mol. The van der Waals surface area contributed by atoms with E-state index < -0.39 is 15.3 Å². The summed E-state index contributed by atoms with van der Waals surface area (Å²) in [5, 5.41) is 0. The molecule has 0 radical (unpaired) electrons. The first-order valence-corrected chi connectivity index (χ1v) is 8.51. The molecule has 0 atom stereocenters. The predicted octanol–water partition coefficient (Wildman–Crippen LogP) is 0.622. The van der Waals surface area contributed by atoms with Gasteiger partial charge in [0, 0.05) is 0 Å². The summed E-state index contributed by atoms with van der Waals surface area (Å²) < 4.78 is 0. The van der Waals surface area contributed by atoms with Crippen LogP contribution in [0.1, 0.15) is 0 Å². The fourth-order valence-electron chi connectivity index (χ4n) is 0. The van der Waals surface area contributed by atoms with E-state index in [1.165, 1.54) is 0 Å². The van der Waals surface area contributed by atoms with Gasteiger partial charge in [0.15, 0.2) is 0 Å². The Balaban J connectivity index is 3.51. The molecule has 0 N–H and O–H groups in total. The van der Waals surface area contributed by atoms with Crippen LogP contribution in [0.3, 0.4) is 0 Å².